The summed E-state index contributed by atoms with van der Waals surface area (Å²) in [6, 6.07) is 6.81. The normalized spacial score (nSPS) is 29.5. The number of benzene rings is 1. The van der Waals surface area contributed by atoms with Gasteiger partial charge < -0.3 is 9.64 Å². The Bertz CT molecular complexity index is 677. The number of hydrogen-bond donors (Lipinski definition) is 0. The largest absolute Gasteiger partial charge is 0.381 e. The van der Waals surface area contributed by atoms with E-state index in [1.807, 2.05) is 7.11 Å². The smallest absolute Gasteiger partial charge is 0.231 e. The van der Waals surface area contributed by atoms with Crippen molar-refractivity contribution in [3.8, 4) is 0 Å². The van der Waals surface area contributed by atoms with Crippen LogP contribution < -0.4 is 4.90 Å². The first-order valence-corrected chi connectivity index (χ1v) is 10.2. The standard InChI is InChI=1S/C22H32N2O2.ClH/c1-16-4-5-17-15-21(25)24(20(17)14-16)18-8-12-23(13-9-18)22(2)10-6-19(26-3)7-11-22;/h4-5,14,18-19H,6-13,15H2,1-3H3;1H/t19-,22-;. The maximum atomic E-state index is 12.7. The zero-order valence-corrected chi connectivity index (χ0v) is 17.7. The Balaban J connectivity index is 0.00000210. The van der Waals surface area contributed by atoms with Crippen LogP contribution in [0.2, 0.25) is 0 Å². The second-order valence-electron chi connectivity index (χ2n) is 8.72. The van der Waals surface area contributed by atoms with Crippen molar-refractivity contribution in [3.05, 3.63) is 29.3 Å². The molecule has 4 rings (SSSR count). The molecule has 150 valence electrons. The lowest BCUT2D eigenvalue weighted by molar-refractivity contribution is -0.118. The number of carbonyl (C=O) groups excluding carboxylic acids is 1. The second-order valence-corrected chi connectivity index (χ2v) is 8.72. The molecular formula is C22H33ClN2O2. The highest BCUT2D eigenvalue weighted by molar-refractivity contribution is 6.02. The van der Waals surface area contributed by atoms with Crippen LogP contribution in [-0.2, 0) is 16.0 Å². The van der Waals surface area contributed by atoms with Gasteiger partial charge in [0.1, 0.15) is 0 Å². The van der Waals surface area contributed by atoms with Gasteiger partial charge in [-0.15, -0.1) is 12.4 Å². The summed E-state index contributed by atoms with van der Waals surface area (Å²) in [5.74, 6) is 0.288. The van der Waals surface area contributed by atoms with Crippen LogP contribution in [0.3, 0.4) is 0 Å². The molecule has 1 aliphatic carbocycles. The van der Waals surface area contributed by atoms with Gasteiger partial charge in [0.05, 0.1) is 12.5 Å². The summed E-state index contributed by atoms with van der Waals surface area (Å²) >= 11 is 0. The maximum Gasteiger partial charge on any atom is 0.231 e. The van der Waals surface area contributed by atoms with E-state index in [9.17, 15) is 4.79 Å². The van der Waals surface area contributed by atoms with E-state index in [0.717, 1.165) is 25.9 Å². The van der Waals surface area contributed by atoms with E-state index in [1.165, 1.54) is 42.5 Å². The van der Waals surface area contributed by atoms with Crippen molar-refractivity contribution in [1.82, 2.24) is 4.90 Å². The molecule has 1 saturated carbocycles. The number of nitrogens with zero attached hydrogens (tertiary/aromatic N) is 2. The second kappa shape index (κ2) is 8.10. The number of rotatable bonds is 3. The summed E-state index contributed by atoms with van der Waals surface area (Å²) in [6.45, 7) is 6.74. The lowest BCUT2D eigenvalue weighted by Crippen LogP contribution is -2.55. The van der Waals surface area contributed by atoms with Crippen molar-refractivity contribution < 1.29 is 9.53 Å². The van der Waals surface area contributed by atoms with E-state index in [1.54, 1.807) is 0 Å². The Kier molecular flexibility index (Phi) is 6.19. The van der Waals surface area contributed by atoms with Gasteiger partial charge in [-0.25, -0.2) is 0 Å². The maximum absolute atomic E-state index is 12.7. The molecule has 0 unspecified atom stereocenters. The fourth-order valence-electron chi connectivity index (χ4n) is 5.26. The van der Waals surface area contributed by atoms with Crippen LogP contribution in [0.4, 0.5) is 5.69 Å². The molecule has 5 heteroatoms. The summed E-state index contributed by atoms with van der Waals surface area (Å²) in [6.07, 6.45) is 7.98. The van der Waals surface area contributed by atoms with Crippen LogP contribution in [0, 0.1) is 6.92 Å². The molecule has 0 bridgehead atoms. The highest BCUT2D eigenvalue weighted by atomic mass is 35.5. The number of piperidine rings is 1. The number of methoxy groups -OCH3 is 1. The molecule has 1 aromatic rings. The minimum atomic E-state index is 0. The van der Waals surface area contributed by atoms with Gasteiger partial charge in [-0.3, -0.25) is 9.69 Å². The van der Waals surface area contributed by atoms with Gasteiger partial charge in [-0.2, -0.15) is 0 Å². The van der Waals surface area contributed by atoms with E-state index in [4.69, 9.17) is 4.74 Å². The molecule has 2 aliphatic heterocycles. The number of amides is 1. The predicted octanol–water partition coefficient (Wildman–Crippen LogP) is 4.12. The van der Waals surface area contributed by atoms with E-state index in [-0.39, 0.29) is 18.3 Å². The molecule has 1 saturated heterocycles. The number of hydrogen-bond acceptors (Lipinski definition) is 3. The number of likely N-dealkylation sites (tertiary alicyclic amines) is 1. The van der Waals surface area contributed by atoms with Crippen LogP contribution in [0.25, 0.3) is 0 Å². The molecule has 27 heavy (non-hydrogen) atoms. The molecule has 0 aromatic heterocycles. The third kappa shape index (κ3) is 3.90. The summed E-state index contributed by atoms with van der Waals surface area (Å²) in [5, 5.41) is 0. The van der Waals surface area contributed by atoms with Gasteiger partial charge in [-0.05, 0) is 69.6 Å². The Morgan fingerprint density at radius 3 is 2.41 bits per heavy atom. The highest BCUT2D eigenvalue weighted by Crippen LogP contribution is 2.39. The number of ether oxygens (including phenoxy) is 1. The molecule has 1 aromatic carbocycles. The average Bonchev–Trinajstić information content (AvgIpc) is 2.97. The third-order valence-corrected chi connectivity index (χ3v) is 7.05. The van der Waals surface area contributed by atoms with Gasteiger partial charge in [0, 0.05) is 37.5 Å². The lowest BCUT2D eigenvalue weighted by Gasteiger charge is -2.49. The molecule has 3 aliphatic rings. The quantitative estimate of drug-likeness (QED) is 0.775. The third-order valence-electron chi connectivity index (χ3n) is 7.05. The van der Waals surface area contributed by atoms with E-state index in [2.05, 4.69) is 41.8 Å². The van der Waals surface area contributed by atoms with Gasteiger partial charge in [0.15, 0.2) is 0 Å². The minimum absolute atomic E-state index is 0. The number of halogens is 1. The fraction of sp³-hybridized carbons (Fsp3) is 0.682. The van der Waals surface area contributed by atoms with E-state index >= 15 is 0 Å². The van der Waals surface area contributed by atoms with Crippen molar-refractivity contribution in [2.24, 2.45) is 0 Å². The van der Waals surface area contributed by atoms with E-state index < -0.39 is 0 Å². The topological polar surface area (TPSA) is 32.8 Å². The molecule has 0 N–H and O–H groups in total. The predicted molar refractivity (Wildman–Crippen MR) is 112 cm³/mol. The average molecular weight is 393 g/mol. The zero-order valence-electron chi connectivity index (χ0n) is 16.9. The molecular weight excluding hydrogens is 360 g/mol. The van der Waals surface area contributed by atoms with Crippen molar-refractivity contribution in [1.29, 1.82) is 0 Å². The monoisotopic (exact) mass is 392 g/mol. The number of aryl methyl sites for hydroxylation is 1. The first-order chi connectivity index (χ1) is 12.5. The van der Waals surface area contributed by atoms with Gasteiger partial charge >= 0.3 is 0 Å². The molecule has 0 spiro atoms. The van der Waals surface area contributed by atoms with Crippen molar-refractivity contribution in [3.63, 3.8) is 0 Å². The summed E-state index contributed by atoms with van der Waals surface area (Å²) < 4.78 is 5.55. The molecule has 4 nitrogen and oxygen atoms in total. The van der Waals surface area contributed by atoms with Crippen LogP contribution in [0.1, 0.15) is 56.6 Å². The minimum Gasteiger partial charge on any atom is -0.381 e. The molecule has 1 amide bonds. The highest BCUT2D eigenvalue weighted by Gasteiger charge is 2.40. The summed E-state index contributed by atoms with van der Waals surface area (Å²) in [4.78, 5) is 17.5. The molecule has 2 fully saturated rings. The van der Waals surface area contributed by atoms with Gasteiger partial charge in [0.2, 0.25) is 5.91 Å². The van der Waals surface area contributed by atoms with Crippen LogP contribution in [-0.4, -0.2) is 48.7 Å². The van der Waals surface area contributed by atoms with Crippen molar-refractivity contribution in [2.75, 3.05) is 25.1 Å². The molecule has 0 atom stereocenters. The van der Waals surface area contributed by atoms with Crippen LogP contribution in [0.5, 0.6) is 0 Å². The van der Waals surface area contributed by atoms with Gasteiger partial charge in [-0.1, -0.05) is 12.1 Å². The SMILES string of the molecule is CO[C@H]1CC[C@](C)(N2CCC(N3C(=O)Cc4ccc(C)cc43)CC2)CC1.Cl. The van der Waals surface area contributed by atoms with Crippen molar-refractivity contribution >= 4 is 24.0 Å². The fourth-order valence-corrected chi connectivity index (χ4v) is 5.26. The number of anilines is 1. The van der Waals surface area contributed by atoms with E-state index in [0.29, 0.717) is 24.1 Å². The first-order valence-electron chi connectivity index (χ1n) is 10.2. The summed E-state index contributed by atoms with van der Waals surface area (Å²) in [7, 11) is 1.84. The summed E-state index contributed by atoms with van der Waals surface area (Å²) in [5.41, 5.74) is 3.92. The number of carbonyl (C=O) groups is 1. The molecule has 2 heterocycles. The zero-order chi connectivity index (χ0) is 18.3. The lowest BCUT2D eigenvalue weighted by atomic mass is 9.79. The Labute approximate surface area is 169 Å². The van der Waals surface area contributed by atoms with Crippen LogP contribution >= 0.6 is 12.4 Å². The Morgan fingerprint density at radius 2 is 1.78 bits per heavy atom. The number of fused-ring (bicyclic) bond motifs is 1. The molecule has 0 radical (unpaired) electrons. The Hall–Kier alpha value is -1.10. The van der Waals surface area contributed by atoms with Crippen LogP contribution in [0.15, 0.2) is 18.2 Å². The first kappa shape index (κ1) is 20.6. The van der Waals surface area contributed by atoms with Gasteiger partial charge in [0.25, 0.3) is 0 Å². The Morgan fingerprint density at radius 1 is 1.11 bits per heavy atom. The van der Waals surface area contributed by atoms with Crippen molar-refractivity contribution in [2.45, 2.75) is 76.5 Å².